The Morgan fingerprint density at radius 1 is 1.35 bits per heavy atom. The van der Waals surface area contributed by atoms with E-state index in [0.717, 1.165) is 35.9 Å². The summed E-state index contributed by atoms with van der Waals surface area (Å²) in [7, 11) is 0. The molecular formula is C12H13FN4. The lowest BCUT2D eigenvalue weighted by molar-refractivity contribution is 0.625. The number of nitrogens with zero attached hydrogens (tertiary/aromatic N) is 3. The van der Waals surface area contributed by atoms with Crippen LogP contribution in [0.2, 0.25) is 0 Å². The van der Waals surface area contributed by atoms with E-state index in [2.05, 4.69) is 15.5 Å². The number of nitrogens with one attached hydrogen (secondary N) is 1. The fourth-order valence-corrected chi connectivity index (χ4v) is 2.18. The maximum Gasteiger partial charge on any atom is 0.151 e. The molecule has 1 aliphatic rings. The van der Waals surface area contributed by atoms with Gasteiger partial charge in [-0.25, -0.2) is 4.39 Å². The predicted octanol–water partition coefficient (Wildman–Crippen LogP) is 1.57. The van der Waals surface area contributed by atoms with Gasteiger partial charge in [-0.3, -0.25) is 4.57 Å². The Hall–Kier alpha value is -1.75. The van der Waals surface area contributed by atoms with Crippen molar-refractivity contribution < 1.29 is 4.39 Å². The first-order chi connectivity index (χ1) is 8.29. The number of rotatable bonds is 1. The number of fused-ring (bicyclic) bond motifs is 3. The summed E-state index contributed by atoms with van der Waals surface area (Å²) in [5.74, 6) is 1.48. The zero-order valence-corrected chi connectivity index (χ0v) is 9.57. The van der Waals surface area contributed by atoms with Crippen molar-refractivity contribution >= 4 is 0 Å². The van der Waals surface area contributed by atoms with Gasteiger partial charge in [0, 0.05) is 13.0 Å². The van der Waals surface area contributed by atoms with E-state index in [4.69, 9.17) is 0 Å². The normalized spacial score (nSPS) is 14.0. The molecule has 1 aliphatic heterocycles. The van der Waals surface area contributed by atoms with Crippen LogP contribution in [0.25, 0.3) is 5.69 Å². The summed E-state index contributed by atoms with van der Waals surface area (Å²) >= 11 is 0. The van der Waals surface area contributed by atoms with Crippen LogP contribution in [0, 0.1) is 5.82 Å². The van der Waals surface area contributed by atoms with Gasteiger partial charge in [0.05, 0.1) is 12.2 Å². The molecule has 2 aromatic rings. The van der Waals surface area contributed by atoms with Crippen LogP contribution >= 0.6 is 0 Å². The summed E-state index contributed by atoms with van der Waals surface area (Å²) in [6, 6.07) is 4.85. The lowest BCUT2D eigenvalue weighted by atomic mass is 10.1. The average molecular weight is 232 g/mol. The van der Waals surface area contributed by atoms with Gasteiger partial charge in [-0.05, 0) is 17.7 Å². The highest BCUT2D eigenvalue weighted by molar-refractivity contribution is 5.44. The fraction of sp³-hybridized carbons (Fsp3) is 0.333. The molecule has 17 heavy (non-hydrogen) atoms. The van der Waals surface area contributed by atoms with Crippen LogP contribution in [0.5, 0.6) is 0 Å². The van der Waals surface area contributed by atoms with Gasteiger partial charge in [-0.1, -0.05) is 13.0 Å². The number of hydrogen-bond donors (Lipinski definition) is 1. The highest BCUT2D eigenvalue weighted by Crippen LogP contribution is 2.22. The van der Waals surface area contributed by atoms with Crippen molar-refractivity contribution in [2.75, 3.05) is 0 Å². The van der Waals surface area contributed by atoms with E-state index >= 15 is 0 Å². The minimum atomic E-state index is -0.229. The Morgan fingerprint density at radius 3 is 3.06 bits per heavy atom. The van der Waals surface area contributed by atoms with Gasteiger partial charge in [0.2, 0.25) is 0 Å². The molecule has 0 saturated carbocycles. The predicted molar refractivity (Wildman–Crippen MR) is 61.2 cm³/mol. The summed E-state index contributed by atoms with van der Waals surface area (Å²) in [5.41, 5.74) is 1.92. The standard InChI is InChI=1S/C12H13FN4/c1-2-11-15-16-12-7-14-6-8-3-4-9(13)5-10(8)17(11)12/h3-5,14H,2,6-7H2,1H3. The zero-order chi connectivity index (χ0) is 11.8. The smallest absolute Gasteiger partial charge is 0.151 e. The van der Waals surface area contributed by atoms with Gasteiger partial charge in [0.25, 0.3) is 0 Å². The van der Waals surface area contributed by atoms with Gasteiger partial charge in [0.1, 0.15) is 11.6 Å². The van der Waals surface area contributed by atoms with Crippen LogP contribution < -0.4 is 5.32 Å². The summed E-state index contributed by atoms with van der Waals surface area (Å²) in [5, 5.41) is 11.6. The molecule has 4 nitrogen and oxygen atoms in total. The van der Waals surface area contributed by atoms with Crippen LogP contribution in [0.4, 0.5) is 4.39 Å². The van der Waals surface area contributed by atoms with Crippen molar-refractivity contribution in [2.45, 2.75) is 26.4 Å². The first-order valence-corrected chi connectivity index (χ1v) is 5.72. The molecule has 0 unspecified atom stereocenters. The highest BCUT2D eigenvalue weighted by atomic mass is 19.1. The van der Waals surface area contributed by atoms with Crippen molar-refractivity contribution in [1.29, 1.82) is 0 Å². The van der Waals surface area contributed by atoms with E-state index in [0.29, 0.717) is 6.54 Å². The first kappa shape index (κ1) is 10.4. The molecule has 3 rings (SSSR count). The number of aromatic nitrogens is 3. The molecule has 1 aromatic heterocycles. The highest BCUT2D eigenvalue weighted by Gasteiger charge is 2.18. The number of benzene rings is 1. The van der Waals surface area contributed by atoms with Crippen LogP contribution in [0.1, 0.15) is 24.1 Å². The molecule has 0 amide bonds. The maximum atomic E-state index is 13.4. The third kappa shape index (κ3) is 1.63. The monoisotopic (exact) mass is 232 g/mol. The molecule has 0 fully saturated rings. The van der Waals surface area contributed by atoms with Crippen molar-refractivity contribution in [3.8, 4) is 5.69 Å². The Kier molecular flexibility index (Phi) is 2.40. The van der Waals surface area contributed by atoms with E-state index < -0.39 is 0 Å². The fourth-order valence-electron chi connectivity index (χ4n) is 2.18. The average Bonchev–Trinajstić information content (AvgIpc) is 2.65. The van der Waals surface area contributed by atoms with E-state index in [1.165, 1.54) is 6.07 Å². The Labute approximate surface area is 98.5 Å². The van der Waals surface area contributed by atoms with Crippen molar-refractivity contribution in [3.05, 3.63) is 41.2 Å². The third-order valence-electron chi connectivity index (χ3n) is 3.00. The van der Waals surface area contributed by atoms with Gasteiger partial charge in [0.15, 0.2) is 5.82 Å². The summed E-state index contributed by atoms with van der Waals surface area (Å²) in [6.45, 7) is 3.40. The van der Waals surface area contributed by atoms with Crippen molar-refractivity contribution in [3.63, 3.8) is 0 Å². The number of halogens is 1. The van der Waals surface area contributed by atoms with Crippen LogP contribution in [-0.2, 0) is 19.5 Å². The molecule has 5 heteroatoms. The molecule has 0 aliphatic carbocycles. The van der Waals surface area contributed by atoms with Gasteiger partial charge >= 0.3 is 0 Å². The SMILES string of the molecule is CCc1nnc2n1-c1cc(F)ccc1CNC2. The zero-order valence-electron chi connectivity index (χ0n) is 9.57. The third-order valence-corrected chi connectivity index (χ3v) is 3.00. The molecule has 2 heterocycles. The second-order valence-electron chi connectivity index (χ2n) is 4.10. The van der Waals surface area contributed by atoms with Crippen molar-refractivity contribution in [2.24, 2.45) is 0 Å². The van der Waals surface area contributed by atoms with E-state index in [1.807, 2.05) is 17.6 Å². The topological polar surface area (TPSA) is 42.7 Å². The quantitative estimate of drug-likeness (QED) is 0.811. The van der Waals surface area contributed by atoms with E-state index in [9.17, 15) is 4.39 Å². The number of aryl methyl sites for hydroxylation is 1. The van der Waals surface area contributed by atoms with Crippen LogP contribution in [0.15, 0.2) is 18.2 Å². The summed E-state index contributed by atoms with van der Waals surface area (Å²) in [4.78, 5) is 0. The van der Waals surface area contributed by atoms with Crippen molar-refractivity contribution in [1.82, 2.24) is 20.1 Å². The Balaban J connectivity index is 2.28. The molecule has 1 N–H and O–H groups in total. The lowest BCUT2D eigenvalue weighted by Crippen LogP contribution is -2.11. The molecule has 0 saturated heterocycles. The maximum absolute atomic E-state index is 13.4. The van der Waals surface area contributed by atoms with Gasteiger partial charge in [-0.2, -0.15) is 0 Å². The largest absolute Gasteiger partial charge is 0.306 e. The molecule has 0 spiro atoms. The van der Waals surface area contributed by atoms with Gasteiger partial charge < -0.3 is 5.32 Å². The molecule has 88 valence electrons. The van der Waals surface area contributed by atoms with Crippen LogP contribution in [-0.4, -0.2) is 14.8 Å². The lowest BCUT2D eigenvalue weighted by Gasteiger charge is -2.10. The minimum absolute atomic E-state index is 0.229. The second kappa shape index (κ2) is 3.92. The minimum Gasteiger partial charge on any atom is -0.306 e. The molecule has 0 radical (unpaired) electrons. The van der Waals surface area contributed by atoms with Gasteiger partial charge in [-0.15, -0.1) is 10.2 Å². The molecule has 0 bridgehead atoms. The molecule has 1 aromatic carbocycles. The van der Waals surface area contributed by atoms with E-state index in [1.54, 1.807) is 6.07 Å². The van der Waals surface area contributed by atoms with Crippen LogP contribution in [0.3, 0.4) is 0 Å². The first-order valence-electron chi connectivity index (χ1n) is 5.72. The van der Waals surface area contributed by atoms with E-state index in [-0.39, 0.29) is 5.82 Å². The Bertz CT molecular complexity index is 562. The molecule has 0 atom stereocenters. The molecular weight excluding hydrogens is 219 g/mol. The summed E-state index contributed by atoms with van der Waals surface area (Å²) in [6.07, 6.45) is 0.781. The number of hydrogen-bond acceptors (Lipinski definition) is 3. The second-order valence-corrected chi connectivity index (χ2v) is 4.10. The Morgan fingerprint density at radius 2 is 2.24 bits per heavy atom. The summed E-state index contributed by atoms with van der Waals surface area (Å²) < 4.78 is 15.3.